The van der Waals surface area contributed by atoms with Crippen LogP contribution in [0.4, 0.5) is 4.39 Å². The molecule has 36 heavy (non-hydrogen) atoms. The number of likely N-dealkylation sites (tertiary alicyclic amines) is 1. The largest absolute Gasteiger partial charge is 0.402 e. The lowest BCUT2D eigenvalue weighted by molar-refractivity contribution is 0.00891. The number of carbonyl (C=O) groups excluding carboxylic acids is 1. The number of nitrogens with two attached hydrogens (primary N) is 1. The molecule has 0 bridgehead atoms. The summed E-state index contributed by atoms with van der Waals surface area (Å²) >= 11 is 0. The Labute approximate surface area is 226 Å². The van der Waals surface area contributed by atoms with Gasteiger partial charge in [0.2, 0.25) is 9.76 Å². The maximum atomic E-state index is 13.4. The Morgan fingerprint density at radius 2 is 1.47 bits per heavy atom. The van der Waals surface area contributed by atoms with E-state index in [0.717, 1.165) is 24.0 Å². The van der Waals surface area contributed by atoms with Crippen molar-refractivity contribution in [2.24, 2.45) is 5.73 Å². The molecule has 3 aromatic carbocycles. The van der Waals surface area contributed by atoms with Crippen LogP contribution >= 0.6 is 17.0 Å². The lowest BCUT2D eigenvalue weighted by Gasteiger charge is -2.45. The summed E-state index contributed by atoms with van der Waals surface area (Å²) in [5, 5.41) is -0.0374. The predicted octanol–water partition coefficient (Wildman–Crippen LogP) is 6.13. The zero-order valence-corrected chi connectivity index (χ0v) is 23.7. The van der Waals surface area contributed by atoms with Gasteiger partial charge >= 0.3 is 0 Å². The minimum Gasteiger partial charge on any atom is -0.402 e. The van der Waals surface area contributed by atoms with Gasteiger partial charge in [0, 0.05) is 11.6 Å². The molecule has 190 valence electrons. The fraction of sp³-hybridized carbons (Fsp3) is 0.345. The van der Waals surface area contributed by atoms with E-state index < -0.39 is 5.60 Å². The fourth-order valence-corrected chi connectivity index (χ4v) is 5.63. The first-order valence-electron chi connectivity index (χ1n) is 12.1. The van der Waals surface area contributed by atoms with Gasteiger partial charge in [0.05, 0.1) is 12.7 Å². The van der Waals surface area contributed by atoms with Crippen molar-refractivity contribution in [2.45, 2.75) is 56.5 Å². The molecular weight excluding hydrogens is 535 g/mol. The predicted molar refractivity (Wildman–Crippen MR) is 149 cm³/mol. The molecule has 0 saturated carbocycles. The van der Waals surface area contributed by atoms with E-state index in [4.69, 9.17) is 10.2 Å². The van der Waals surface area contributed by atoms with Gasteiger partial charge in [-0.2, -0.15) is 0 Å². The summed E-state index contributed by atoms with van der Waals surface area (Å²) in [6.45, 7) is 6.65. The summed E-state index contributed by atoms with van der Waals surface area (Å²) in [7, 11) is 0.226. The van der Waals surface area contributed by atoms with Crippen LogP contribution in [0.5, 0.6) is 0 Å². The number of hydrogen-bond acceptors (Lipinski definition) is 4. The van der Waals surface area contributed by atoms with Crippen molar-refractivity contribution in [3.8, 4) is 0 Å². The third-order valence-electron chi connectivity index (χ3n) is 6.45. The Hall–Kier alpha value is -2.16. The summed E-state index contributed by atoms with van der Waals surface area (Å²) in [6.07, 6.45) is 1.26. The zero-order chi connectivity index (χ0) is 25.1. The van der Waals surface area contributed by atoms with Crippen LogP contribution < -0.4 is 5.73 Å². The van der Waals surface area contributed by atoms with E-state index in [1.54, 1.807) is 0 Å². The molecule has 0 aromatic heterocycles. The van der Waals surface area contributed by atoms with Gasteiger partial charge in [0.15, 0.2) is 5.78 Å². The Balaban J connectivity index is 0.00000361. The minimum absolute atomic E-state index is 0. The molecule has 4 nitrogen and oxygen atoms in total. The number of ketones is 1. The van der Waals surface area contributed by atoms with Crippen LogP contribution in [0.25, 0.3) is 0 Å². The SMILES string of the molecule is Br.CC(C)(C)[Si]OC(c1ccccc1)(c1ccccc1)C1CC[C@H](N)N1CC(=O)c1ccc(F)cc1. The summed E-state index contributed by atoms with van der Waals surface area (Å²) in [4.78, 5) is 15.3. The molecule has 0 spiro atoms. The second-order valence-electron chi connectivity index (χ2n) is 10.2. The number of nitrogens with zero attached hydrogens (tertiary/aromatic N) is 1. The van der Waals surface area contributed by atoms with E-state index in [2.05, 4.69) is 49.9 Å². The number of hydrogen-bond donors (Lipinski definition) is 1. The van der Waals surface area contributed by atoms with E-state index in [1.165, 1.54) is 24.3 Å². The van der Waals surface area contributed by atoms with E-state index >= 15 is 0 Å². The van der Waals surface area contributed by atoms with Crippen LogP contribution in [0.1, 0.15) is 55.1 Å². The lowest BCUT2D eigenvalue weighted by Crippen LogP contribution is -2.55. The van der Waals surface area contributed by atoms with Crippen LogP contribution in [-0.2, 0) is 10.0 Å². The molecule has 3 aromatic rings. The molecule has 2 radical (unpaired) electrons. The molecule has 1 aliphatic rings. The van der Waals surface area contributed by atoms with Crippen molar-refractivity contribution in [3.63, 3.8) is 0 Å². The lowest BCUT2D eigenvalue weighted by atomic mass is 9.79. The molecule has 1 aliphatic heterocycles. The van der Waals surface area contributed by atoms with Crippen LogP contribution in [0.15, 0.2) is 84.9 Å². The summed E-state index contributed by atoms with van der Waals surface area (Å²) in [6, 6.07) is 26.1. The van der Waals surface area contributed by atoms with E-state index in [1.807, 2.05) is 36.4 Å². The Bertz CT molecular complexity index is 1080. The maximum Gasteiger partial charge on any atom is 0.237 e. The van der Waals surface area contributed by atoms with E-state index in [-0.39, 0.29) is 62.1 Å². The molecule has 0 aliphatic carbocycles. The topological polar surface area (TPSA) is 55.6 Å². The van der Waals surface area contributed by atoms with Crippen molar-refractivity contribution in [2.75, 3.05) is 6.54 Å². The molecule has 7 heteroatoms. The fourth-order valence-electron chi connectivity index (χ4n) is 4.79. The highest BCUT2D eigenvalue weighted by molar-refractivity contribution is 8.93. The Kier molecular flexibility index (Phi) is 9.41. The van der Waals surface area contributed by atoms with Crippen LogP contribution in [0, 0.1) is 5.82 Å². The van der Waals surface area contributed by atoms with Crippen molar-refractivity contribution in [1.82, 2.24) is 4.90 Å². The number of rotatable bonds is 8. The molecule has 1 heterocycles. The van der Waals surface area contributed by atoms with Crippen molar-refractivity contribution < 1.29 is 13.6 Å². The standard InChI is InChI=1S/C29H33FN2O2Si.BrH/c1-28(2,3)35-34-29(22-10-6-4-7-11-22,23-12-8-5-9-13-23)26-18-19-27(31)32(26)20-25(33)21-14-16-24(30)17-15-21;/h4-17,26-27H,18-20,31H2,1-3H3;1H/t26?,27-;/m1./s1. The molecule has 1 saturated heterocycles. The number of benzene rings is 3. The normalized spacial score (nSPS) is 18.6. The van der Waals surface area contributed by atoms with Gasteiger partial charge in [0.1, 0.15) is 11.4 Å². The highest BCUT2D eigenvalue weighted by Gasteiger charge is 2.50. The third-order valence-corrected chi connectivity index (χ3v) is 7.48. The van der Waals surface area contributed by atoms with Gasteiger partial charge in [-0.05, 0) is 53.3 Å². The molecular formula is C29H34BrFN2O2Si. The number of carbonyl (C=O) groups is 1. The van der Waals surface area contributed by atoms with Gasteiger partial charge in [-0.3, -0.25) is 9.69 Å². The van der Waals surface area contributed by atoms with Gasteiger partial charge < -0.3 is 10.2 Å². The molecule has 0 amide bonds. The molecule has 1 unspecified atom stereocenters. The second-order valence-corrected chi connectivity index (χ2v) is 12.1. The van der Waals surface area contributed by atoms with Crippen molar-refractivity contribution in [1.29, 1.82) is 0 Å². The average Bonchev–Trinajstić information content (AvgIpc) is 3.21. The van der Waals surface area contributed by atoms with Crippen molar-refractivity contribution in [3.05, 3.63) is 107 Å². The van der Waals surface area contributed by atoms with Crippen LogP contribution in [0.2, 0.25) is 5.04 Å². The smallest absolute Gasteiger partial charge is 0.237 e. The van der Waals surface area contributed by atoms with Crippen molar-refractivity contribution >= 4 is 32.5 Å². The van der Waals surface area contributed by atoms with E-state index in [0.29, 0.717) is 5.56 Å². The Morgan fingerprint density at radius 1 is 0.944 bits per heavy atom. The third kappa shape index (κ3) is 6.21. The van der Waals surface area contributed by atoms with Gasteiger partial charge in [-0.15, -0.1) is 17.0 Å². The summed E-state index contributed by atoms with van der Waals surface area (Å²) < 4.78 is 20.4. The maximum absolute atomic E-state index is 13.4. The first-order valence-corrected chi connectivity index (χ1v) is 13.0. The number of Topliss-reactive ketones (excluding diaryl/α,β-unsaturated/α-hetero) is 1. The van der Waals surface area contributed by atoms with Crippen LogP contribution in [0.3, 0.4) is 0 Å². The second kappa shape index (κ2) is 11.9. The first-order chi connectivity index (χ1) is 16.7. The number of halogens is 2. The average molecular weight is 570 g/mol. The highest BCUT2D eigenvalue weighted by Crippen LogP contribution is 2.45. The molecule has 4 rings (SSSR count). The minimum atomic E-state index is -0.800. The summed E-state index contributed by atoms with van der Waals surface area (Å²) in [5.74, 6) is -0.443. The molecule has 1 fully saturated rings. The molecule has 2 atom stereocenters. The molecule has 2 N–H and O–H groups in total. The highest BCUT2D eigenvalue weighted by atomic mass is 79.9. The first kappa shape index (κ1) is 28.4. The quantitative estimate of drug-likeness (QED) is 0.262. The van der Waals surface area contributed by atoms with Crippen LogP contribution in [-0.4, -0.2) is 39.2 Å². The Morgan fingerprint density at radius 3 is 1.97 bits per heavy atom. The monoisotopic (exact) mass is 568 g/mol. The van der Waals surface area contributed by atoms with Gasteiger partial charge in [0.25, 0.3) is 0 Å². The van der Waals surface area contributed by atoms with Gasteiger partial charge in [-0.25, -0.2) is 4.39 Å². The van der Waals surface area contributed by atoms with Gasteiger partial charge in [-0.1, -0.05) is 81.4 Å². The summed E-state index contributed by atoms with van der Waals surface area (Å²) in [5.41, 5.74) is 8.38. The van der Waals surface area contributed by atoms with E-state index in [9.17, 15) is 9.18 Å². The zero-order valence-electron chi connectivity index (χ0n) is 21.0.